The smallest absolute Gasteiger partial charge is 0.259 e. The number of para-hydroxylation sites is 2. The van der Waals surface area contributed by atoms with Gasteiger partial charge >= 0.3 is 0 Å². The number of benzene rings is 2. The molecule has 1 unspecified atom stereocenters. The van der Waals surface area contributed by atoms with Crippen LogP contribution in [0, 0.1) is 0 Å². The minimum atomic E-state index is -1.49. The van der Waals surface area contributed by atoms with E-state index in [2.05, 4.69) is 10.3 Å². The van der Waals surface area contributed by atoms with Crippen molar-refractivity contribution in [3.05, 3.63) is 72.9 Å². The van der Waals surface area contributed by atoms with Crippen LogP contribution in [0.5, 0.6) is 5.75 Å². The topological polar surface area (TPSA) is 118 Å². The standard InChI is InChI=1S/C23H21N5O4/c1-32-16-11-9-15(10-12-16)26-20(29)14-27-17-6-2-3-7-18(17)28(19-8-4-5-13-25-19)23(31)21(24)22(27)30/h2-13,21H,14,24H2,1H3,(H,26,29). The van der Waals surface area contributed by atoms with Gasteiger partial charge in [-0.3, -0.25) is 24.2 Å². The van der Waals surface area contributed by atoms with Crippen molar-refractivity contribution in [2.75, 3.05) is 28.8 Å². The van der Waals surface area contributed by atoms with Gasteiger partial charge in [-0.05, 0) is 48.5 Å². The maximum Gasteiger partial charge on any atom is 0.259 e. The number of ether oxygens (including phenoxy) is 1. The van der Waals surface area contributed by atoms with Crippen molar-refractivity contribution in [3.8, 4) is 5.75 Å². The molecule has 0 saturated carbocycles. The number of nitrogens with one attached hydrogen (secondary N) is 1. The summed E-state index contributed by atoms with van der Waals surface area (Å²) in [5.41, 5.74) is 7.36. The lowest BCUT2D eigenvalue weighted by Gasteiger charge is -2.24. The number of methoxy groups -OCH3 is 1. The van der Waals surface area contributed by atoms with E-state index in [1.54, 1.807) is 80.0 Å². The van der Waals surface area contributed by atoms with E-state index in [9.17, 15) is 14.4 Å². The highest BCUT2D eigenvalue weighted by molar-refractivity contribution is 6.23. The van der Waals surface area contributed by atoms with Crippen molar-refractivity contribution in [2.24, 2.45) is 5.73 Å². The molecule has 0 aliphatic carbocycles. The summed E-state index contributed by atoms with van der Waals surface area (Å²) in [6.07, 6.45) is 1.55. The molecule has 9 heteroatoms. The number of hydrogen-bond acceptors (Lipinski definition) is 6. The van der Waals surface area contributed by atoms with E-state index in [1.165, 1.54) is 9.80 Å². The van der Waals surface area contributed by atoms with Gasteiger partial charge in [0.15, 0.2) is 6.04 Å². The summed E-state index contributed by atoms with van der Waals surface area (Å²) in [6.45, 7) is -0.321. The summed E-state index contributed by atoms with van der Waals surface area (Å²) >= 11 is 0. The molecule has 32 heavy (non-hydrogen) atoms. The van der Waals surface area contributed by atoms with Gasteiger partial charge in [0.05, 0.1) is 18.5 Å². The Balaban J connectivity index is 1.67. The van der Waals surface area contributed by atoms with E-state index in [0.29, 0.717) is 28.6 Å². The molecule has 3 N–H and O–H groups in total. The number of pyridine rings is 1. The van der Waals surface area contributed by atoms with Crippen LogP contribution < -0.4 is 25.6 Å². The Morgan fingerprint density at radius 2 is 1.69 bits per heavy atom. The molecule has 2 aromatic carbocycles. The largest absolute Gasteiger partial charge is 0.497 e. The fourth-order valence-electron chi connectivity index (χ4n) is 3.44. The summed E-state index contributed by atoms with van der Waals surface area (Å²) in [5.74, 6) is -0.759. The van der Waals surface area contributed by atoms with E-state index in [1.807, 2.05) is 0 Å². The second-order valence-corrected chi connectivity index (χ2v) is 7.03. The number of anilines is 4. The first-order valence-electron chi connectivity index (χ1n) is 9.84. The zero-order chi connectivity index (χ0) is 22.7. The van der Waals surface area contributed by atoms with Gasteiger partial charge < -0.3 is 15.8 Å². The van der Waals surface area contributed by atoms with Crippen LogP contribution in [-0.2, 0) is 14.4 Å². The van der Waals surface area contributed by atoms with Crippen molar-refractivity contribution in [1.29, 1.82) is 0 Å². The zero-order valence-electron chi connectivity index (χ0n) is 17.3. The molecule has 4 rings (SSSR count). The van der Waals surface area contributed by atoms with Crippen LogP contribution in [0.4, 0.5) is 22.9 Å². The SMILES string of the molecule is COc1ccc(NC(=O)CN2C(=O)C(N)C(=O)N(c3ccccn3)c3ccccc32)cc1. The molecule has 0 fully saturated rings. The fraction of sp³-hybridized carbons (Fsp3) is 0.130. The van der Waals surface area contributed by atoms with Gasteiger partial charge in [0, 0.05) is 11.9 Å². The predicted octanol–water partition coefficient (Wildman–Crippen LogP) is 2.07. The Morgan fingerprint density at radius 1 is 1.00 bits per heavy atom. The first kappa shape index (κ1) is 21.0. The number of amides is 3. The first-order valence-corrected chi connectivity index (χ1v) is 9.84. The normalized spacial score (nSPS) is 15.8. The Kier molecular flexibility index (Phi) is 5.82. The van der Waals surface area contributed by atoms with Crippen LogP contribution in [0.15, 0.2) is 72.9 Å². The van der Waals surface area contributed by atoms with E-state index < -0.39 is 23.8 Å². The van der Waals surface area contributed by atoms with Gasteiger partial charge in [-0.25, -0.2) is 4.98 Å². The highest BCUT2D eigenvalue weighted by Crippen LogP contribution is 2.36. The molecular formula is C23H21N5O4. The monoisotopic (exact) mass is 431 g/mol. The summed E-state index contributed by atoms with van der Waals surface area (Å²) in [5, 5.41) is 2.74. The predicted molar refractivity (Wildman–Crippen MR) is 120 cm³/mol. The lowest BCUT2D eigenvalue weighted by molar-refractivity contribution is -0.128. The van der Waals surface area contributed by atoms with E-state index >= 15 is 0 Å². The minimum Gasteiger partial charge on any atom is -0.497 e. The fourth-order valence-corrected chi connectivity index (χ4v) is 3.44. The van der Waals surface area contributed by atoms with E-state index in [4.69, 9.17) is 10.5 Å². The lowest BCUT2D eigenvalue weighted by Crippen LogP contribution is -2.51. The van der Waals surface area contributed by atoms with Gasteiger partial charge in [0.1, 0.15) is 18.1 Å². The van der Waals surface area contributed by atoms with Crippen LogP contribution >= 0.6 is 0 Å². The molecule has 3 amide bonds. The maximum atomic E-state index is 13.1. The third-order valence-electron chi connectivity index (χ3n) is 4.99. The zero-order valence-corrected chi connectivity index (χ0v) is 17.3. The summed E-state index contributed by atoms with van der Waals surface area (Å²) in [6, 6.07) is 17.2. The van der Waals surface area contributed by atoms with Crippen LogP contribution in [0.2, 0.25) is 0 Å². The summed E-state index contributed by atoms with van der Waals surface area (Å²) in [4.78, 5) is 45.7. The number of hydrogen-bond donors (Lipinski definition) is 2. The molecule has 1 aliphatic heterocycles. The quantitative estimate of drug-likeness (QED) is 0.597. The van der Waals surface area contributed by atoms with E-state index in [-0.39, 0.29) is 6.54 Å². The van der Waals surface area contributed by atoms with Gasteiger partial charge in [0.2, 0.25) is 5.91 Å². The van der Waals surface area contributed by atoms with Gasteiger partial charge in [-0.2, -0.15) is 0 Å². The number of carbonyl (C=O) groups is 3. The van der Waals surface area contributed by atoms with Crippen LogP contribution in [-0.4, -0.2) is 42.4 Å². The Hall–Kier alpha value is -4.24. The number of aromatic nitrogens is 1. The van der Waals surface area contributed by atoms with Crippen molar-refractivity contribution in [1.82, 2.24) is 4.98 Å². The van der Waals surface area contributed by atoms with Crippen molar-refractivity contribution < 1.29 is 19.1 Å². The highest BCUT2D eigenvalue weighted by Gasteiger charge is 2.39. The second kappa shape index (κ2) is 8.86. The Morgan fingerprint density at radius 3 is 2.34 bits per heavy atom. The third kappa shape index (κ3) is 4.01. The van der Waals surface area contributed by atoms with Crippen LogP contribution in [0.25, 0.3) is 0 Å². The Labute approximate surface area is 184 Å². The average molecular weight is 431 g/mol. The lowest BCUT2D eigenvalue weighted by atomic mass is 10.2. The molecule has 0 spiro atoms. The molecule has 1 atom stereocenters. The van der Waals surface area contributed by atoms with Gasteiger partial charge in [-0.15, -0.1) is 0 Å². The number of rotatable bonds is 5. The molecule has 9 nitrogen and oxygen atoms in total. The number of fused-ring (bicyclic) bond motifs is 1. The minimum absolute atomic E-state index is 0.321. The van der Waals surface area contributed by atoms with Gasteiger partial charge in [-0.1, -0.05) is 18.2 Å². The number of carbonyl (C=O) groups excluding carboxylic acids is 3. The van der Waals surface area contributed by atoms with Crippen LogP contribution in [0.3, 0.4) is 0 Å². The molecule has 1 aromatic heterocycles. The molecule has 0 radical (unpaired) electrons. The van der Waals surface area contributed by atoms with Crippen molar-refractivity contribution in [3.63, 3.8) is 0 Å². The van der Waals surface area contributed by atoms with Crippen molar-refractivity contribution in [2.45, 2.75) is 6.04 Å². The summed E-state index contributed by atoms with van der Waals surface area (Å²) in [7, 11) is 1.55. The van der Waals surface area contributed by atoms with Crippen LogP contribution in [0.1, 0.15) is 0 Å². The molecule has 2 heterocycles. The molecule has 0 saturated heterocycles. The molecule has 1 aliphatic rings. The molecule has 162 valence electrons. The maximum absolute atomic E-state index is 13.1. The number of nitrogens with zero attached hydrogens (tertiary/aromatic N) is 3. The second-order valence-electron chi connectivity index (χ2n) is 7.03. The molecule has 3 aromatic rings. The molecule has 0 bridgehead atoms. The Bertz CT molecular complexity index is 1150. The molecular weight excluding hydrogens is 410 g/mol. The number of nitrogens with two attached hydrogens (primary N) is 1. The summed E-state index contributed by atoms with van der Waals surface area (Å²) < 4.78 is 5.11. The van der Waals surface area contributed by atoms with Gasteiger partial charge in [0.25, 0.3) is 11.8 Å². The van der Waals surface area contributed by atoms with Crippen molar-refractivity contribution >= 4 is 40.6 Å². The third-order valence-corrected chi connectivity index (χ3v) is 4.99. The van der Waals surface area contributed by atoms with E-state index in [0.717, 1.165) is 0 Å². The first-order chi connectivity index (χ1) is 15.5. The average Bonchev–Trinajstić information content (AvgIpc) is 2.90. The highest BCUT2D eigenvalue weighted by atomic mass is 16.5.